The standard InChI is InChI=1S/C54H88O24/c1-22(57)71-32-17-48(2,3)15-29-53-14-10-28-50(6)12-11-31(49(4,5)27(50)9-13-51(28,7)52(53,8)16-30(59)54(29,32)47(68)78-53)75-45-41(77-44-40(67)37(64)34(61)24(18-55)72-44)36(63)26(21-70-45)74-46-42(38(65)35(62)25(19-56)73-46)76-43-39(66)33(60)23(58)20-69-43/h23-47,55-56,58-68H,9-21H2,1-8H3/t23-,24-,25-,26+,27?,28?,29?,30-,31+,32+,33+,34-,35-,36+,37+,38+,39-,40-,41-,42-,43+,44+,45+,46+,47+,50+,51-,52+,53+,54-/m1/s1. The van der Waals surface area contributed by atoms with E-state index >= 15 is 0 Å². The number of carbonyl (C=O) groups excluding carboxylic acids is 1. The average molecular weight is 1120 g/mol. The van der Waals surface area contributed by atoms with Crippen molar-refractivity contribution in [2.75, 3.05) is 26.4 Å². The van der Waals surface area contributed by atoms with Crippen LogP contribution in [0.2, 0.25) is 0 Å². The number of carbonyl (C=O) groups is 1. The van der Waals surface area contributed by atoms with Crippen molar-refractivity contribution in [2.24, 2.45) is 50.2 Å². The fourth-order valence-corrected chi connectivity index (χ4v) is 18.0. The molecule has 10 rings (SSSR count). The number of aliphatic hydroxyl groups excluding tert-OH is 13. The van der Waals surface area contributed by atoms with Crippen molar-refractivity contribution in [3.63, 3.8) is 0 Å². The molecule has 0 aromatic carbocycles. The maximum atomic E-state index is 12.6. The molecule has 0 amide bonds. The Bertz CT molecular complexity index is 2150. The van der Waals surface area contributed by atoms with Gasteiger partial charge in [0.15, 0.2) is 31.5 Å². The van der Waals surface area contributed by atoms with Crippen LogP contribution < -0.4 is 0 Å². The Labute approximate surface area is 454 Å². The van der Waals surface area contributed by atoms with Crippen molar-refractivity contribution < 1.29 is 119 Å². The number of hydrogen-bond acceptors (Lipinski definition) is 24. The summed E-state index contributed by atoms with van der Waals surface area (Å²) in [5, 5.41) is 143. The third-order valence-electron chi connectivity index (χ3n) is 22.2. The Morgan fingerprint density at radius 3 is 1.82 bits per heavy atom. The number of ether oxygens (including phenoxy) is 10. The summed E-state index contributed by atoms with van der Waals surface area (Å²) in [5.74, 6) is -0.552. The highest BCUT2D eigenvalue weighted by Crippen LogP contribution is 2.81. The lowest BCUT2D eigenvalue weighted by Crippen LogP contribution is -2.75. The van der Waals surface area contributed by atoms with E-state index in [-0.39, 0.29) is 34.0 Å². The normalized spacial score (nSPS) is 56.4. The molecule has 5 aliphatic heterocycles. The van der Waals surface area contributed by atoms with Crippen molar-refractivity contribution in [3.05, 3.63) is 0 Å². The van der Waals surface area contributed by atoms with Gasteiger partial charge in [-0.2, -0.15) is 0 Å². The molecule has 0 radical (unpaired) electrons. The van der Waals surface area contributed by atoms with Crippen LogP contribution in [0, 0.1) is 50.2 Å². The lowest BCUT2D eigenvalue weighted by atomic mass is 9.30. The molecule has 2 bridgehead atoms. The summed E-state index contributed by atoms with van der Waals surface area (Å²) in [6.07, 6.45) is -28.2. The summed E-state index contributed by atoms with van der Waals surface area (Å²) in [7, 11) is 0. The molecule has 13 N–H and O–H groups in total. The molecular weight excluding hydrogens is 1030 g/mol. The second-order valence-corrected chi connectivity index (χ2v) is 26.9. The first-order valence-electron chi connectivity index (χ1n) is 28.2. The van der Waals surface area contributed by atoms with E-state index in [0.717, 1.165) is 19.3 Å². The van der Waals surface area contributed by atoms with Gasteiger partial charge >= 0.3 is 5.97 Å². The highest BCUT2D eigenvalue weighted by atomic mass is 16.8. The van der Waals surface area contributed by atoms with Crippen LogP contribution in [0.5, 0.6) is 0 Å². The lowest BCUT2D eigenvalue weighted by Gasteiger charge is -2.75. The van der Waals surface area contributed by atoms with Crippen molar-refractivity contribution in [3.8, 4) is 0 Å². The van der Waals surface area contributed by atoms with Crippen LogP contribution in [-0.2, 0) is 52.2 Å². The van der Waals surface area contributed by atoms with E-state index in [4.69, 9.17) is 47.4 Å². The second kappa shape index (κ2) is 21.0. The van der Waals surface area contributed by atoms with Crippen molar-refractivity contribution in [2.45, 2.75) is 254 Å². The highest BCUT2D eigenvalue weighted by Gasteiger charge is 2.84. The van der Waals surface area contributed by atoms with E-state index in [1.54, 1.807) is 0 Å². The summed E-state index contributed by atoms with van der Waals surface area (Å²) in [6, 6.07) is 0. The van der Waals surface area contributed by atoms with Crippen molar-refractivity contribution >= 4 is 5.97 Å². The Morgan fingerprint density at radius 2 is 1.15 bits per heavy atom. The quantitative estimate of drug-likeness (QED) is 0.0770. The molecule has 0 aromatic rings. The zero-order chi connectivity index (χ0) is 56.8. The molecular formula is C54H88O24. The third-order valence-corrected chi connectivity index (χ3v) is 22.2. The van der Waals surface area contributed by atoms with Crippen LogP contribution in [-0.4, -0.2) is 240 Å². The van der Waals surface area contributed by atoms with E-state index in [9.17, 15) is 71.2 Å². The van der Waals surface area contributed by atoms with Crippen LogP contribution in [0.1, 0.15) is 113 Å². The highest BCUT2D eigenvalue weighted by molar-refractivity contribution is 5.66. The van der Waals surface area contributed by atoms with Gasteiger partial charge in [0.05, 0.1) is 49.7 Å². The van der Waals surface area contributed by atoms with E-state index in [2.05, 4.69) is 48.5 Å². The summed E-state index contributed by atoms with van der Waals surface area (Å²) < 4.78 is 61.8. The van der Waals surface area contributed by atoms with Gasteiger partial charge < -0.3 is 114 Å². The number of aliphatic hydroxyl groups is 13. The molecule has 30 atom stereocenters. The lowest BCUT2D eigenvalue weighted by molar-refractivity contribution is -0.392. The molecule has 3 unspecified atom stereocenters. The number of rotatable bonds is 11. The van der Waals surface area contributed by atoms with Gasteiger partial charge in [-0.25, -0.2) is 0 Å². The smallest absolute Gasteiger partial charge is 0.302 e. The summed E-state index contributed by atoms with van der Waals surface area (Å²) >= 11 is 0. The predicted molar refractivity (Wildman–Crippen MR) is 262 cm³/mol. The molecule has 24 nitrogen and oxygen atoms in total. The SMILES string of the molecule is CC(=O)O[C@H]1CC(C)(C)CC2[C@@]13[C@H](O)C[C@]1(C)[C@@]2(CCC2[C@@]4(C)CC[C@H](O[C@@H]5OC[C@H](O[C@@H]6O[C@H](CO)[C@@H](O)[C@H](O)[C@H]6O[C@@H]6OC[C@@H](O)[C@H](O)[C@H]6O)[C@H](O)[C@H]5O[C@@H]5O[C@H](CO)[C@@H](O)[C@H](O)[C@H]5O)C(C)(C)C4CC[C@]21C)O[C@@H]3O. The van der Waals surface area contributed by atoms with Gasteiger partial charge in [0.2, 0.25) is 0 Å². The average Bonchev–Trinajstić information content (AvgIpc) is 1.80. The van der Waals surface area contributed by atoms with Crippen molar-refractivity contribution in [1.29, 1.82) is 0 Å². The fourth-order valence-electron chi connectivity index (χ4n) is 18.0. The molecule has 5 saturated heterocycles. The van der Waals surface area contributed by atoms with Crippen LogP contribution in [0.3, 0.4) is 0 Å². The maximum Gasteiger partial charge on any atom is 0.302 e. The van der Waals surface area contributed by atoms with Crippen LogP contribution >= 0.6 is 0 Å². The fraction of sp³-hybridized carbons (Fsp3) is 0.981. The first kappa shape index (κ1) is 59.7. The molecule has 24 heteroatoms. The molecule has 5 saturated carbocycles. The minimum absolute atomic E-state index is 0.0520. The Morgan fingerprint density at radius 1 is 0.551 bits per heavy atom. The van der Waals surface area contributed by atoms with Gasteiger partial charge in [0.1, 0.15) is 91.6 Å². The van der Waals surface area contributed by atoms with Crippen LogP contribution in [0.25, 0.3) is 0 Å². The van der Waals surface area contributed by atoms with Gasteiger partial charge in [-0.15, -0.1) is 0 Å². The van der Waals surface area contributed by atoms with Gasteiger partial charge in [0, 0.05) is 18.3 Å². The minimum atomic E-state index is -1.91. The maximum absolute atomic E-state index is 12.6. The van der Waals surface area contributed by atoms with Gasteiger partial charge in [0.25, 0.3) is 0 Å². The molecule has 10 aliphatic rings. The molecule has 10 fully saturated rings. The second-order valence-electron chi connectivity index (χ2n) is 26.9. The molecule has 1 spiro atoms. The summed E-state index contributed by atoms with van der Waals surface area (Å²) in [6.45, 7) is 14.4. The van der Waals surface area contributed by atoms with Crippen molar-refractivity contribution in [1.82, 2.24) is 0 Å². The number of esters is 1. The topological polar surface area (TPSA) is 372 Å². The zero-order valence-corrected chi connectivity index (χ0v) is 45.9. The number of fused-ring (bicyclic) bond motifs is 4. The van der Waals surface area contributed by atoms with Crippen LogP contribution in [0.15, 0.2) is 0 Å². The van der Waals surface area contributed by atoms with Gasteiger partial charge in [-0.3, -0.25) is 4.79 Å². The van der Waals surface area contributed by atoms with E-state index < -0.39 is 189 Å². The predicted octanol–water partition coefficient (Wildman–Crippen LogP) is -2.21. The Hall–Kier alpha value is -1.41. The minimum Gasteiger partial charge on any atom is -0.462 e. The van der Waals surface area contributed by atoms with E-state index in [1.807, 2.05) is 0 Å². The zero-order valence-electron chi connectivity index (χ0n) is 45.9. The first-order valence-corrected chi connectivity index (χ1v) is 28.2. The summed E-state index contributed by atoms with van der Waals surface area (Å²) in [5.41, 5.74) is -4.09. The molecule has 0 aromatic heterocycles. The molecule has 5 aliphatic carbocycles. The molecule has 5 heterocycles. The van der Waals surface area contributed by atoms with Gasteiger partial charge in [-0.05, 0) is 91.3 Å². The largest absolute Gasteiger partial charge is 0.462 e. The monoisotopic (exact) mass is 1120 g/mol. The third kappa shape index (κ3) is 8.94. The van der Waals surface area contributed by atoms with Crippen LogP contribution in [0.4, 0.5) is 0 Å². The number of hydrogen-bond donors (Lipinski definition) is 13. The Kier molecular flexibility index (Phi) is 16.1. The van der Waals surface area contributed by atoms with Gasteiger partial charge in [-0.1, -0.05) is 48.5 Å². The van der Waals surface area contributed by atoms with E-state index in [0.29, 0.717) is 38.5 Å². The Balaban J connectivity index is 0.908. The van der Waals surface area contributed by atoms with E-state index in [1.165, 1.54) is 6.92 Å². The first-order chi connectivity index (χ1) is 36.5. The summed E-state index contributed by atoms with van der Waals surface area (Å²) in [4.78, 5) is 12.6. The molecule has 78 heavy (non-hydrogen) atoms. The molecule has 448 valence electrons.